The predicted octanol–water partition coefficient (Wildman–Crippen LogP) is 5.67. The SMILES string of the molecule is Cc1cn(C2CCC(N3CC4CCC(C3)N4C(=O)OC(C)(C)C)CC2)c2ncc(Br)cc12. The number of hydrogen-bond acceptors (Lipinski definition) is 4. The van der Waals surface area contributed by atoms with Crippen molar-refractivity contribution < 1.29 is 9.53 Å². The molecule has 0 radical (unpaired) electrons. The topological polar surface area (TPSA) is 50.6 Å². The van der Waals surface area contributed by atoms with Crippen molar-refractivity contribution in [2.24, 2.45) is 0 Å². The zero-order valence-corrected chi connectivity index (χ0v) is 21.3. The molecule has 0 aromatic carbocycles. The van der Waals surface area contributed by atoms with Crippen LogP contribution in [0, 0.1) is 6.92 Å². The Morgan fingerprint density at radius 3 is 2.25 bits per heavy atom. The second-order valence-corrected chi connectivity index (χ2v) is 11.8. The van der Waals surface area contributed by atoms with Crippen LogP contribution in [0.25, 0.3) is 11.0 Å². The smallest absolute Gasteiger partial charge is 0.410 e. The first-order chi connectivity index (χ1) is 15.2. The van der Waals surface area contributed by atoms with Gasteiger partial charge < -0.3 is 9.30 Å². The first-order valence-corrected chi connectivity index (χ1v) is 12.9. The van der Waals surface area contributed by atoms with E-state index in [0.717, 1.165) is 36.1 Å². The van der Waals surface area contributed by atoms with Gasteiger partial charge in [0.1, 0.15) is 11.2 Å². The second-order valence-electron chi connectivity index (χ2n) is 10.9. The first kappa shape index (κ1) is 22.2. The monoisotopic (exact) mass is 502 g/mol. The third kappa shape index (κ3) is 4.18. The summed E-state index contributed by atoms with van der Waals surface area (Å²) in [6.07, 6.45) is 11.1. The molecule has 4 heterocycles. The molecule has 3 aliphatic rings. The van der Waals surface area contributed by atoms with Crippen molar-refractivity contribution >= 4 is 33.1 Å². The van der Waals surface area contributed by atoms with Crippen LogP contribution in [0.3, 0.4) is 0 Å². The number of halogens is 1. The van der Waals surface area contributed by atoms with E-state index in [9.17, 15) is 4.79 Å². The number of piperazine rings is 1. The predicted molar refractivity (Wildman–Crippen MR) is 130 cm³/mol. The number of aromatic nitrogens is 2. The molecule has 2 aromatic heterocycles. The number of carbonyl (C=O) groups is 1. The third-order valence-electron chi connectivity index (χ3n) is 7.53. The fourth-order valence-electron chi connectivity index (χ4n) is 6.09. The van der Waals surface area contributed by atoms with Gasteiger partial charge in [-0.15, -0.1) is 0 Å². The van der Waals surface area contributed by atoms with Gasteiger partial charge in [-0.05, 0) is 93.8 Å². The lowest BCUT2D eigenvalue weighted by Crippen LogP contribution is -2.59. The molecule has 32 heavy (non-hydrogen) atoms. The van der Waals surface area contributed by atoms with Gasteiger partial charge in [0.05, 0.1) is 0 Å². The van der Waals surface area contributed by atoms with E-state index in [4.69, 9.17) is 9.72 Å². The second kappa shape index (κ2) is 8.32. The highest BCUT2D eigenvalue weighted by Crippen LogP contribution is 2.38. The minimum absolute atomic E-state index is 0.123. The van der Waals surface area contributed by atoms with E-state index in [0.29, 0.717) is 24.2 Å². The van der Waals surface area contributed by atoms with Crippen LogP contribution in [0.1, 0.15) is 70.9 Å². The number of nitrogens with zero attached hydrogens (tertiary/aromatic N) is 4. The van der Waals surface area contributed by atoms with Crippen molar-refractivity contribution in [1.82, 2.24) is 19.4 Å². The quantitative estimate of drug-likeness (QED) is 0.530. The van der Waals surface area contributed by atoms with Gasteiger partial charge in [0.2, 0.25) is 0 Å². The molecule has 2 saturated heterocycles. The molecule has 0 N–H and O–H groups in total. The molecule has 5 rings (SSSR count). The average molecular weight is 503 g/mol. The lowest BCUT2D eigenvalue weighted by atomic mass is 9.89. The van der Waals surface area contributed by atoms with E-state index >= 15 is 0 Å². The summed E-state index contributed by atoms with van der Waals surface area (Å²) >= 11 is 3.56. The number of carbonyl (C=O) groups excluding carboxylic acids is 1. The lowest BCUT2D eigenvalue weighted by Gasteiger charge is -2.46. The first-order valence-electron chi connectivity index (χ1n) is 12.1. The van der Waals surface area contributed by atoms with Crippen molar-refractivity contribution in [1.29, 1.82) is 0 Å². The average Bonchev–Trinajstić information content (AvgIpc) is 3.20. The van der Waals surface area contributed by atoms with Crippen molar-refractivity contribution in [2.45, 2.75) is 96.0 Å². The molecule has 2 bridgehead atoms. The Bertz CT molecular complexity index is 991. The minimum atomic E-state index is -0.433. The minimum Gasteiger partial charge on any atom is -0.444 e. The summed E-state index contributed by atoms with van der Waals surface area (Å²) in [4.78, 5) is 22.2. The highest BCUT2D eigenvalue weighted by atomic mass is 79.9. The van der Waals surface area contributed by atoms with E-state index in [2.05, 4.69) is 44.6 Å². The van der Waals surface area contributed by atoms with Crippen LogP contribution in [0.5, 0.6) is 0 Å². The van der Waals surface area contributed by atoms with Crippen LogP contribution in [-0.4, -0.2) is 62.3 Å². The van der Waals surface area contributed by atoms with Gasteiger partial charge in [0.25, 0.3) is 0 Å². The molecule has 1 amide bonds. The fourth-order valence-corrected chi connectivity index (χ4v) is 6.42. The normalized spacial score (nSPS) is 29.0. The molecule has 0 spiro atoms. The summed E-state index contributed by atoms with van der Waals surface area (Å²) in [5, 5.41) is 1.25. The largest absolute Gasteiger partial charge is 0.444 e. The fraction of sp³-hybridized carbons (Fsp3) is 0.680. The van der Waals surface area contributed by atoms with E-state index in [-0.39, 0.29) is 6.09 Å². The van der Waals surface area contributed by atoms with E-state index in [1.807, 2.05) is 31.9 Å². The van der Waals surface area contributed by atoms with Gasteiger partial charge in [-0.25, -0.2) is 9.78 Å². The summed E-state index contributed by atoms with van der Waals surface area (Å²) in [7, 11) is 0. The lowest BCUT2D eigenvalue weighted by molar-refractivity contribution is -0.0149. The number of likely N-dealkylation sites (tertiary alicyclic amines) is 1. The van der Waals surface area contributed by atoms with Crippen LogP contribution in [0.2, 0.25) is 0 Å². The van der Waals surface area contributed by atoms with Gasteiger partial charge in [-0.2, -0.15) is 0 Å². The molecule has 1 saturated carbocycles. The molecule has 7 heteroatoms. The van der Waals surface area contributed by atoms with Crippen molar-refractivity contribution in [2.75, 3.05) is 13.1 Å². The molecule has 1 aliphatic carbocycles. The van der Waals surface area contributed by atoms with Crippen molar-refractivity contribution in [3.63, 3.8) is 0 Å². The molecule has 2 aromatic rings. The number of aryl methyl sites for hydroxylation is 1. The van der Waals surface area contributed by atoms with Crippen LogP contribution in [0.15, 0.2) is 22.9 Å². The maximum Gasteiger partial charge on any atom is 0.410 e. The van der Waals surface area contributed by atoms with Crippen LogP contribution in [-0.2, 0) is 4.74 Å². The Balaban J connectivity index is 1.22. The van der Waals surface area contributed by atoms with Crippen LogP contribution in [0.4, 0.5) is 4.79 Å². The number of hydrogen-bond donors (Lipinski definition) is 0. The number of amides is 1. The highest BCUT2D eigenvalue weighted by molar-refractivity contribution is 9.10. The molecule has 3 fully saturated rings. The van der Waals surface area contributed by atoms with Gasteiger partial charge >= 0.3 is 6.09 Å². The zero-order valence-electron chi connectivity index (χ0n) is 19.7. The van der Waals surface area contributed by atoms with Gasteiger partial charge in [-0.3, -0.25) is 9.80 Å². The number of ether oxygens (including phenoxy) is 1. The van der Waals surface area contributed by atoms with Crippen LogP contribution < -0.4 is 0 Å². The highest BCUT2D eigenvalue weighted by Gasteiger charge is 2.46. The summed E-state index contributed by atoms with van der Waals surface area (Å²) in [5.41, 5.74) is 1.97. The molecule has 2 atom stereocenters. The van der Waals surface area contributed by atoms with Crippen molar-refractivity contribution in [3.05, 3.63) is 28.5 Å². The Kier molecular flexibility index (Phi) is 5.77. The Morgan fingerprint density at radius 1 is 1.03 bits per heavy atom. The maximum absolute atomic E-state index is 12.8. The molecular formula is C25H35BrN4O2. The molecule has 2 aliphatic heterocycles. The number of pyridine rings is 1. The summed E-state index contributed by atoms with van der Waals surface area (Å²) in [6, 6.07) is 3.94. The van der Waals surface area contributed by atoms with Crippen molar-refractivity contribution in [3.8, 4) is 0 Å². The summed E-state index contributed by atoms with van der Waals surface area (Å²) in [6.45, 7) is 10.0. The molecule has 2 unspecified atom stereocenters. The van der Waals surface area contributed by atoms with Crippen LogP contribution >= 0.6 is 15.9 Å². The Labute approximate surface area is 199 Å². The molecule has 174 valence electrons. The third-order valence-corrected chi connectivity index (χ3v) is 7.96. The van der Waals surface area contributed by atoms with Gasteiger partial charge in [-0.1, -0.05) is 0 Å². The van der Waals surface area contributed by atoms with Gasteiger partial charge in [0, 0.05) is 59.5 Å². The Hall–Kier alpha value is -1.60. The van der Waals surface area contributed by atoms with E-state index < -0.39 is 5.60 Å². The van der Waals surface area contributed by atoms with E-state index in [1.54, 1.807) is 0 Å². The number of fused-ring (bicyclic) bond motifs is 3. The standard InChI is InChI=1S/C25H35BrN4O2/c1-16-13-29(23-22(16)11-17(26)12-27-23)19-7-5-18(6-8-19)28-14-20-9-10-21(15-28)30(20)24(31)32-25(2,3)4/h11-13,18-21H,5-10,14-15H2,1-4H3. The summed E-state index contributed by atoms with van der Waals surface area (Å²) in [5.74, 6) is 0. The molecular weight excluding hydrogens is 468 g/mol. The van der Waals surface area contributed by atoms with Gasteiger partial charge in [0.15, 0.2) is 0 Å². The van der Waals surface area contributed by atoms with E-state index in [1.165, 1.54) is 36.6 Å². The Morgan fingerprint density at radius 2 is 1.62 bits per heavy atom. The zero-order chi connectivity index (χ0) is 22.6. The number of rotatable bonds is 2. The maximum atomic E-state index is 12.8. The summed E-state index contributed by atoms with van der Waals surface area (Å²) < 4.78 is 9.15. The molecule has 6 nitrogen and oxygen atoms in total.